The second kappa shape index (κ2) is 6.94. The standard InChI is InChI=1S/C17H20FN3O/c18-15-5-3-13(4-6-15)16-17(20-8-7-19-16)14-2-1-9-21(12-14)10-11-22/h3-8,14,22H,1-2,9-12H2/t14-/m1/s1. The van der Waals surface area contributed by atoms with Crippen LogP contribution in [-0.2, 0) is 0 Å². The number of nitrogens with zero attached hydrogens (tertiary/aromatic N) is 3. The van der Waals surface area contributed by atoms with E-state index in [1.807, 2.05) is 0 Å². The van der Waals surface area contributed by atoms with Crippen LogP contribution in [0, 0.1) is 5.82 Å². The van der Waals surface area contributed by atoms with Gasteiger partial charge in [0.25, 0.3) is 0 Å². The number of hydrogen-bond acceptors (Lipinski definition) is 4. The molecule has 1 aliphatic heterocycles. The quantitative estimate of drug-likeness (QED) is 0.942. The van der Waals surface area contributed by atoms with Crippen LogP contribution in [0.2, 0.25) is 0 Å². The molecule has 1 saturated heterocycles. The van der Waals surface area contributed by atoms with Crippen LogP contribution in [0.25, 0.3) is 11.3 Å². The van der Waals surface area contributed by atoms with Gasteiger partial charge in [0.1, 0.15) is 5.82 Å². The number of likely N-dealkylation sites (tertiary alicyclic amines) is 1. The van der Waals surface area contributed by atoms with Gasteiger partial charge in [-0.25, -0.2) is 4.39 Å². The van der Waals surface area contributed by atoms with Gasteiger partial charge in [-0.15, -0.1) is 0 Å². The minimum Gasteiger partial charge on any atom is -0.395 e. The highest BCUT2D eigenvalue weighted by molar-refractivity contribution is 5.62. The number of aromatic nitrogens is 2. The molecule has 1 aromatic carbocycles. The molecule has 0 unspecified atom stereocenters. The SMILES string of the molecule is OCCN1CCC[C@@H](c2nccnc2-c2ccc(F)cc2)C1. The van der Waals surface area contributed by atoms with E-state index in [9.17, 15) is 4.39 Å². The summed E-state index contributed by atoms with van der Waals surface area (Å²) < 4.78 is 13.1. The zero-order valence-electron chi connectivity index (χ0n) is 12.5. The van der Waals surface area contributed by atoms with E-state index in [4.69, 9.17) is 5.11 Å². The monoisotopic (exact) mass is 301 g/mol. The first-order valence-corrected chi connectivity index (χ1v) is 7.68. The van der Waals surface area contributed by atoms with E-state index >= 15 is 0 Å². The van der Waals surface area contributed by atoms with Gasteiger partial charge < -0.3 is 10.0 Å². The van der Waals surface area contributed by atoms with Gasteiger partial charge in [-0.3, -0.25) is 9.97 Å². The number of benzene rings is 1. The largest absolute Gasteiger partial charge is 0.395 e. The van der Waals surface area contributed by atoms with Crippen LogP contribution in [0.1, 0.15) is 24.5 Å². The number of hydrogen-bond donors (Lipinski definition) is 1. The molecule has 1 aromatic heterocycles. The molecule has 0 radical (unpaired) electrons. The van der Waals surface area contributed by atoms with Crippen molar-refractivity contribution in [3.8, 4) is 11.3 Å². The van der Waals surface area contributed by atoms with Crippen molar-refractivity contribution >= 4 is 0 Å². The molecule has 116 valence electrons. The fourth-order valence-electron chi connectivity index (χ4n) is 3.10. The second-order valence-electron chi connectivity index (χ2n) is 5.66. The summed E-state index contributed by atoms with van der Waals surface area (Å²) in [7, 11) is 0. The third-order valence-corrected chi connectivity index (χ3v) is 4.15. The number of β-amino-alcohol motifs (C(OH)–C–C–N with tert-alkyl or cyclic N) is 1. The van der Waals surface area contributed by atoms with Gasteiger partial charge in [-0.1, -0.05) is 0 Å². The number of rotatable bonds is 4. The van der Waals surface area contributed by atoms with Gasteiger partial charge in [0.15, 0.2) is 0 Å². The van der Waals surface area contributed by atoms with E-state index in [0.717, 1.165) is 42.9 Å². The molecular weight excluding hydrogens is 281 g/mol. The zero-order chi connectivity index (χ0) is 15.4. The molecule has 1 aliphatic rings. The maximum atomic E-state index is 13.1. The van der Waals surface area contributed by atoms with E-state index < -0.39 is 0 Å². The summed E-state index contributed by atoms with van der Waals surface area (Å²) in [5.41, 5.74) is 2.69. The number of aliphatic hydroxyl groups excluding tert-OH is 1. The van der Waals surface area contributed by atoms with E-state index in [1.165, 1.54) is 12.1 Å². The molecular formula is C17H20FN3O. The molecule has 1 fully saturated rings. The first-order valence-electron chi connectivity index (χ1n) is 7.68. The smallest absolute Gasteiger partial charge is 0.123 e. The van der Waals surface area contributed by atoms with Gasteiger partial charge in [-0.05, 0) is 43.7 Å². The molecule has 0 aliphatic carbocycles. The first-order chi connectivity index (χ1) is 10.8. The Morgan fingerprint density at radius 2 is 1.95 bits per heavy atom. The lowest BCUT2D eigenvalue weighted by Crippen LogP contribution is -2.36. The Labute approximate surface area is 129 Å². The van der Waals surface area contributed by atoms with Crippen molar-refractivity contribution in [1.29, 1.82) is 0 Å². The minimum atomic E-state index is -0.249. The predicted octanol–water partition coefficient (Wildman–Crippen LogP) is 2.45. The molecule has 5 heteroatoms. The van der Waals surface area contributed by atoms with Gasteiger partial charge in [-0.2, -0.15) is 0 Å². The summed E-state index contributed by atoms with van der Waals surface area (Å²) in [4.78, 5) is 11.3. The Balaban J connectivity index is 1.89. The van der Waals surface area contributed by atoms with Crippen LogP contribution in [-0.4, -0.2) is 46.2 Å². The lowest BCUT2D eigenvalue weighted by Gasteiger charge is -2.32. The fraction of sp³-hybridized carbons (Fsp3) is 0.412. The van der Waals surface area contributed by atoms with Crippen molar-refractivity contribution in [1.82, 2.24) is 14.9 Å². The average Bonchev–Trinajstić information content (AvgIpc) is 2.56. The minimum absolute atomic E-state index is 0.179. The van der Waals surface area contributed by atoms with Crippen molar-refractivity contribution in [2.24, 2.45) is 0 Å². The van der Waals surface area contributed by atoms with E-state index in [2.05, 4.69) is 14.9 Å². The third-order valence-electron chi connectivity index (χ3n) is 4.15. The van der Waals surface area contributed by atoms with Crippen LogP contribution in [0.5, 0.6) is 0 Å². The Hall–Kier alpha value is -1.85. The molecule has 0 amide bonds. The summed E-state index contributed by atoms with van der Waals surface area (Å²) in [6.07, 6.45) is 5.54. The molecule has 3 rings (SSSR count). The van der Waals surface area contributed by atoms with Crippen molar-refractivity contribution < 1.29 is 9.50 Å². The van der Waals surface area contributed by atoms with Crippen LogP contribution in [0.15, 0.2) is 36.7 Å². The Morgan fingerprint density at radius 3 is 2.73 bits per heavy atom. The first kappa shape index (κ1) is 15.1. The summed E-state index contributed by atoms with van der Waals surface area (Å²) in [5, 5.41) is 9.13. The Bertz CT molecular complexity index is 616. The normalized spacial score (nSPS) is 19.3. The van der Waals surface area contributed by atoms with Crippen LogP contribution < -0.4 is 0 Å². The molecule has 4 nitrogen and oxygen atoms in total. The van der Waals surface area contributed by atoms with E-state index in [-0.39, 0.29) is 12.4 Å². The maximum Gasteiger partial charge on any atom is 0.123 e. The third kappa shape index (κ3) is 3.31. The van der Waals surface area contributed by atoms with Crippen molar-refractivity contribution in [2.45, 2.75) is 18.8 Å². The van der Waals surface area contributed by atoms with Gasteiger partial charge >= 0.3 is 0 Å². The highest BCUT2D eigenvalue weighted by atomic mass is 19.1. The molecule has 2 aromatic rings. The summed E-state index contributed by atoms with van der Waals surface area (Å²) in [6.45, 7) is 2.78. The summed E-state index contributed by atoms with van der Waals surface area (Å²) in [6, 6.07) is 6.40. The Morgan fingerprint density at radius 1 is 1.18 bits per heavy atom. The molecule has 1 atom stereocenters. The van der Waals surface area contributed by atoms with E-state index in [0.29, 0.717) is 12.5 Å². The molecule has 0 spiro atoms. The molecule has 0 bridgehead atoms. The number of piperidine rings is 1. The summed E-state index contributed by atoms with van der Waals surface area (Å²) >= 11 is 0. The highest BCUT2D eigenvalue weighted by Crippen LogP contribution is 2.31. The van der Waals surface area contributed by atoms with E-state index in [1.54, 1.807) is 24.5 Å². The van der Waals surface area contributed by atoms with Crippen LogP contribution in [0.4, 0.5) is 4.39 Å². The molecule has 1 N–H and O–H groups in total. The molecule has 2 heterocycles. The topological polar surface area (TPSA) is 49.2 Å². The van der Waals surface area contributed by atoms with Crippen molar-refractivity contribution in [2.75, 3.05) is 26.2 Å². The van der Waals surface area contributed by atoms with Gasteiger partial charge in [0.05, 0.1) is 18.0 Å². The predicted molar refractivity (Wildman–Crippen MR) is 82.9 cm³/mol. The highest BCUT2D eigenvalue weighted by Gasteiger charge is 2.25. The van der Waals surface area contributed by atoms with Crippen LogP contribution >= 0.6 is 0 Å². The lowest BCUT2D eigenvalue weighted by molar-refractivity contribution is 0.160. The molecule has 0 saturated carbocycles. The Kier molecular flexibility index (Phi) is 4.75. The second-order valence-corrected chi connectivity index (χ2v) is 5.66. The number of halogens is 1. The van der Waals surface area contributed by atoms with Gasteiger partial charge in [0.2, 0.25) is 0 Å². The zero-order valence-corrected chi connectivity index (χ0v) is 12.5. The van der Waals surface area contributed by atoms with Gasteiger partial charge in [0, 0.05) is 37.0 Å². The maximum absolute atomic E-state index is 13.1. The van der Waals surface area contributed by atoms with Crippen molar-refractivity contribution in [3.05, 3.63) is 48.2 Å². The lowest BCUT2D eigenvalue weighted by atomic mass is 9.91. The summed E-state index contributed by atoms with van der Waals surface area (Å²) in [5.74, 6) is 0.0510. The fourth-order valence-corrected chi connectivity index (χ4v) is 3.10. The van der Waals surface area contributed by atoms with Crippen LogP contribution in [0.3, 0.4) is 0 Å². The number of aliphatic hydroxyl groups is 1. The van der Waals surface area contributed by atoms with Crippen molar-refractivity contribution in [3.63, 3.8) is 0 Å². The average molecular weight is 301 g/mol. The molecule has 22 heavy (non-hydrogen) atoms.